The van der Waals surface area contributed by atoms with Crippen molar-refractivity contribution in [3.63, 3.8) is 0 Å². The summed E-state index contributed by atoms with van der Waals surface area (Å²) in [6.07, 6.45) is 5.40. The highest BCUT2D eigenvalue weighted by atomic mass is 15.0. The molecule has 1 heterocycles. The van der Waals surface area contributed by atoms with Gasteiger partial charge in [0.2, 0.25) is 0 Å². The van der Waals surface area contributed by atoms with E-state index < -0.39 is 0 Å². The van der Waals surface area contributed by atoms with Crippen LogP contribution in [0.1, 0.15) is 53.4 Å². The molecular weight excluding hydrogens is 158 g/mol. The maximum atomic E-state index is 3.70. The highest BCUT2D eigenvalue weighted by Crippen LogP contribution is 2.33. The standard InChI is InChI=1S/C12H25N/c1-5-10(6-2)11-8-9(4)13-12(11)7-3/h9-13H,5-8H2,1-4H3. The molecule has 0 aromatic heterocycles. The molecule has 0 aromatic carbocycles. The minimum atomic E-state index is 0.746. The molecule has 1 fully saturated rings. The molecule has 0 aliphatic carbocycles. The molecule has 0 spiro atoms. The Bertz CT molecular complexity index is 133. The fraction of sp³-hybridized carbons (Fsp3) is 1.00. The lowest BCUT2D eigenvalue weighted by Crippen LogP contribution is -2.31. The van der Waals surface area contributed by atoms with Gasteiger partial charge < -0.3 is 5.32 Å². The number of rotatable bonds is 4. The highest BCUT2D eigenvalue weighted by Gasteiger charge is 2.33. The van der Waals surface area contributed by atoms with E-state index in [1.807, 2.05) is 0 Å². The third kappa shape index (κ3) is 2.46. The zero-order chi connectivity index (χ0) is 9.84. The Kier molecular flexibility index (Phi) is 4.24. The highest BCUT2D eigenvalue weighted by molar-refractivity contribution is 4.90. The zero-order valence-corrected chi connectivity index (χ0v) is 9.64. The first-order valence-electron chi connectivity index (χ1n) is 5.98. The van der Waals surface area contributed by atoms with Gasteiger partial charge >= 0.3 is 0 Å². The molecule has 1 N–H and O–H groups in total. The summed E-state index contributed by atoms with van der Waals surface area (Å²) in [6.45, 7) is 9.31. The Morgan fingerprint density at radius 3 is 2.31 bits per heavy atom. The van der Waals surface area contributed by atoms with E-state index in [0.29, 0.717) is 0 Å². The largest absolute Gasteiger partial charge is 0.311 e. The van der Waals surface area contributed by atoms with Gasteiger partial charge in [0.25, 0.3) is 0 Å². The maximum Gasteiger partial charge on any atom is 0.00983 e. The molecular formula is C12H25N. The normalized spacial score (nSPS) is 34.4. The monoisotopic (exact) mass is 183 g/mol. The predicted octanol–water partition coefficient (Wildman–Crippen LogP) is 3.20. The van der Waals surface area contributed by atoms with Gasteiger partial charge in [-0.05, 0) is 31.6 Å². The summed E-state index contributed by atoms with van der Waals surface area (Å²) in [5.41, 5.74) is 0. The van der Waals surface area contributed by atoms with E-state index in [2.05, 4.69) is 33.0 Å². The van der Waals surface area contributed by atoms with Crippen LogP contribution in [0.3, 0.4) is 0 Å². The van der Waals surface area contributed by atoms with Crippen LogP contribution in [0.25, 0.3) is 0 Å². The van der Waals surface area contributed by atoms with Crippen molar-refractivity contribution in [3.05, 3.63) is 0 Å². The molecule has 1 aliphatic heterocycles. The number of hydrogen-bond acceptors (Lipinski definition) is 1. The number of nitrogens with one attached hydrogen (secondary N) is 1. The van der Waals surface area contributed by atoms with Crippen LogP contribution in [0.2, 0.25) is 0 Å². The first kappa shape index (κ1) is 11.0. The Hall–Kier alpha value is -0.0400. The van der Waals surface area contributed by atoms with Crippen molar-refractivity contribution < 1.29 is 0 Å². The van der Waals surface area contributed by atoms with E-state index in [9.17, 15) is 0 Å². The van der Waals surface area contributed by atoms with Gasteiger partial charge in [0.1, 0.15) is 0 Å². The van der Waals surface area contributed by atoms with Crippen molar-refractivity contribution in [2.45, 2.75) is 65.5 Å². The van der Waals surface area contributed by atoms with Gasteiger partial charge in [-0.25, -0.2) is 0 Å². The van der Waals surface area contributed by atoms with Gasteiger partial charge in [0.05, 0.1) is 0 Å². The van der Waals surface area contributed by atoms with E-state index in [1.165, 1.54) is 25.7 Å². The lowest BCUT2D eigenvalue weighted by atomic mass is 9.81. The van der Waals surface area contributed by atoms with Gasteiger partial charge in [-0.15, -0.1) is 0 Å². The van der Waals surface area contributed by atoms with Crippen LogP contribution < -0.4 is 5.32 Å². The van der Waals surface area contributed by atoms with Crippen molar-refractivity contribution in [3.8, 4) is 0 Å². The first-order valence-corrected chi connectivity index (χ1v) is 5.98. The molecule has 13 heavy (non-hydrogen) atoms. The molecule has 1 aliphatic rings. The molecule has 0 saturated carbocycles. The lowest BCUT2D eigenvalue weighted by Gasteiger charge is -2.25. The second-order valence-electron chi connectivity index (χ2n) is 4.56. The zero-order valence-electron chi connectivity index (χ0n) is 9.64. The maximum absolute atomic E-state index is 3.70. The van der Waals surface area contributed by atoms with E-state index in [0.717, 1.165) is 23.9 Å². The summed E-state index contributed by atoms with van der Waals surface area (Å²) in [4.78, 5) is 0. The van der Waals surface area contributed by atoms with Crippen LogP contribution in [-0.4, -0.2) is 12.1 Å². The second-order valence-corrected chi connectivity index (χ2v) is 4.56. The van der Waals surface area contributed by atoms with Crippen LogP contribution in [0.15, 0.2) is 0 Å². The summed E-state index contributed by atoms with van der Waals surface area (Å²) in [5, 5.41) is 3.70. The van der Waals surface area contributed by atoms with Gasteiger partial charge in [0, 0.05) is 12.1 Å². The lowest BCUT2D eigenvalue weighted by molar-refractivity contribution is 0.278. The SMILES string of the molecule is CCC(CC)C1CC(C)NC1CC. The molecule has 0 amide bonds. The minimum Gasteiger partial charge on any atom is -0.311 e. The van der Waals surface area contributed by atoms with Crippen molar-refractivity contribution in [2.24, 2.45) is 11.8 Å². The smallest absolute Gasteiger partial charge is 0.00983 e. The van der Waals surface area contributed by atoms with Crippen molar-refractivity contribution in [2.75, 3.05) is 0 Å². The third-order valence-electron chi connectivity index (χ3n) is 3.74. The van der Waals surface area contributed by atoms with Gasteiger partial charge in [-0.2, -0.15) is 0 Å². The van der Waals surface area contributed by atoms with Crippen LogP contribution in [0.4, 0.5) is 0 Å². The molecule has 0 bridgehead atoms. The van der Waals surface area contributed by atoms with Gasteiger partial charge in [0.15, 0.2) is 0 Å². The molecule has 3 unspecified atom stereocenters. The molecule has 1 rings (SSSR count). The summed E-state index contributed by atoms with van der Waals surface area (Å²) in [7, 11) is 0. The summed E-state index contributed by atoms with van der Waals surface area (Å²) < 4.78 is 0. The average Bonchev–Trinajstić information content (AvgIpc) is 2.49. The second kappa shape index (κ2) is 4.99. The Balaban J connectivity index is 2.55. The first-order chi connectivity index (χ1) is 6.22. The molecule has 3 atom stereocenters. The van der Waals surface area contributed by atoms with Gasteiger partial charge in [-0.1, -0.05) is 33.6 Å². The van der Waals surface area contributed by atoms with Crippen LogP contribution >= 0.6 is 0 Å². The quantitative estimate of drug-likeness (QED) is 0.706. The van der Waals surface area contributed by atoms with E-state index in [1.54, 1.807) is 0 Å². The van der Waals surface area contributed by atoms with Crippen molar-refractivity contribution in [1.82, 2.24) is 5.32 Å². The average molecular weight is 183 g/mol. The fourth-order valence-corrected chi connectivity index (χ4v) is 2.97. The van der Waals surface area contributed by atoms with E-state index >= 15 is 0 Å². The summed E-state index contributed by atoms with van der Waals surface area (Å²) in [5.74, 6) is 1.89. The Labute approximate surface area is 83.3 Å². The van der Waals surface area contributed by atoms with E-state index in [-0.39, 0.29) is 0 Å². The minimum absolute atomic E-state index is 0.746. The van der Waals surface area contributed by atoms with Crippen LogP contribution in [0.5, 0.6) is 0 Å². The van der Waals surface area contributed by atoms with Crippen LogP contribution in [0, 0.1) is 11.8 Å². The third-order valence-corrected chi connectivity index (χ3v) is 3.74. The molecule has 1 saturated heterocycles. The van der Waals surface area contributed by atoms with Crippen LogP contribution in [-0.2, 0) is 0 Å². The van der Waals surface area contributed by atoms with Crippen molar-refractivity contribution >= 4 is 0 Å². The number of hydrogen-bond donors (Lipinski definition) is 1. The predicted molar refractivity (Wildman–Crippen MR) is 58.9 cm³/mol. The molecule has 78 valence electrons. The Morgan fingerprint density at radius 1 is 1.23 bits per heavy atom. The Morgan fingerprint density at radius 2 is 1.85 bits per heavy atom. The molecule has 1 nitrogen and oxygen atoms in total. The molecule has 1 heteroatoms. The van der Waals surface area contributed by atoms with Crippen molar-refractivity contribution in [1.29, 1.82) is 0 Å². The topological polar surface area (TPSA) is 12.0 Å². The van der Waals surface area contributed by atoms with E-state index in [4.69, 9.17) is 0 Å². The summed E-state index contributed by atoms with van der Waals surface area (Å²) in [6, 6.07) is 1.54. The molecule has 0 radical (unpaired) electrons. The molecule has 0 aromatic rings. The van der Waals surface area contributed by atoms with Gasteiger partial charge in [-0.3, -0.25) is 0 Å². The summed E-state index contributed by atoms with van der Waals surface area (Å²) >= 11 is 0. The fourth-order valence-electron chi connectivity index (χ4n) is 2.97.